The lowest BCUT2D eigenvalue weighted by atomic mass is 10.2. The first-order valence-electron chi connectivity index (χ1n) is 5.24. The van der Waals surface area contributed by atoms with Crippen LogP contribution in [0.1, 0.15) is 5.56 Å². The minimum absolute atomic E-state index is 1.13. The van der Waals surface area contributed by atoms with Gasteiger partial charge in [-0.1, -0.05) is 17.7 Å². The number of piperazine rings is 1. The van der Waals surface area contributed by atoms with Crippen LogP contribution in [-0.2, 0) is 0 Å². The summed E-state index contributed by atoms with van der Waals surface area (Å²) in [5, 5.41) is 0. The first-order valence-corrected chi connectivity index (χ1v) is 5.24. The summed E-state index contributed by atoms with van der Waals surface area (Å²) in [6.07, 6.45) is 0. The van der Waals surface area contributed by atoms with Gasteiger partial charge in [-0.2, -0.15) is 7.05 Å². The summed E-state index contributed by atoms with van der Waals surface area (Å²) < 4.78 is 0. The van der Waals surface area contributed by atoms with Crippen LogP contribution in [0.5, 0.6) is 0 Å². The molecular weight excluding hydrogens is 172 g/mol. The van der Waals surface area contributed by atoms with E-state index in [9.17, 15) is 0 Å². The predicted octanol–water partition coefficient (Wildman–Crippen LogP) is 0.492. The molecule has 2 nitrogen and oxygen atoms in total. The molecule has 2 heteroatoms. The van der Waals surface area contributed by atoms with Gasteiger partial charge in [0.15, 0.2) is 0 Å². The van der Waals surface area contributed by atoms with Crippen molar-refractivity contribution in [3.05, 3.63) is 36.9 Å². The molecule has 76 valence electrons. The largest absolute Gasteiger partial charge is 0.465 e. The highest BCUT2D eigenvalue weighted by Gasteiger charge is 2.13. The van der Waals surface area contributed by atoms with Crippen molar-refractivity contribution in [2.45, 2.75) is 6.92 Å². The van der Waals surface area contributed by atoms with E-state index < -0.39 is 0 Å². The molecule has 1 heterocycles. The molecule has 0 spiro atoms. The maximum absolute atomic E-state index is 4.03. The summed E-state index contributed by atoms with van der Waals surface area (Å²) >= 11 is 0. The molecule has 0 bridgehead atoms. The summed E-state index contributed by atoms with van der Waals surface area (Å²) in [5.41, 5.74) is 2.68. The van der Waals surface area contributed by atoms with Crippen LogP contribution in [0.3, 0.4) is 0 Å². The minimum atomic E-state index is 1.13. The van der Waals surface area contributed by atoms with Crippen molar-refractivity contribution in [3.63, 3.8) is 0 Å². The topological polar surface area (TPSA) is 7.68 Å². The second kappa shape index (κ2) is 4.01. The zero-order valence-electron chi connectivity index (χ0n) is 8.79. The van der Waals surface area contributed by atoms with Crippen LogP contribution in [0.15, 0.2) is 24.3 Å². The van der Waals surface area contributed by atoms with E-state index in [1.165, 1.54) is 16.2 Å². The van der Waals surface area contributed by atoms with Gasteiger partial charge in [0.1, 0.15) is 0 Å². The molecule has 0 aromatic heterocycles. The molecule has 0 atom stereocenters. The number of nitrogens with one attached hydrogen (secondary N) is 1. The van der Waals surface area contributed by atoms with E-state index in [-0.39, 0.29) is 0 Å². The predicted molar refractivity (Wildman–Crippen MR) is 59.4 cm³/mol. The van der Waals surface area contributed by atoms with E-state index in [1.807, 2.05) is 0 Å². The van der Waals surface area contributed by atoms with E-state index in [0.717, 1.165) is 26.2 Å². The molecule has 1 N–H and O–H groups in total. The first kappa shape index (κ1) is 9.53. The molecule has 1 aromatic carbocycles. The quantitative estimate of drug-likeness (QED) is 0.633. The third-order valence-electron chi connectivity index (χ3n) is 2.87. The van der Waals surface area contributed by atoms with Crippen molar-refractivity contribution in [3.8, 4) is 0 Å². The summed E-state index contributed by atoms with van der Waals surface area (Å²) in [4.78, 5) is 3.84. The Kier molecular flexibility index (Phi) is 2.73. The maximum atomic E-state index is 4.03. The normalized spacial score (nSPS) is 18.6. The van der Waals surface area contributed by atoms with Gasteiger partial charge in [0, 0.05) is 5.69 Å². The number of hydrogen-bond donors (Lipinski definition) is 1. The van der Waals surface area contributed by atoms with Gasteiger partial charge < -0.3 is 9.80 Å². The molecule has 1 aliphatic heterocycles. The fourth-order valence-electron chi connectivity index (χ4n) is 1.84. The summed E-state index contributed by atoms with van der Waals surface area (Å²) in [5.74, 6) is 0. The molecule has 1 aliphatic rings. The van der Waals surface area contributed by atoms with Gasteiger partial charge in [-0.15, -0.1) is 0 Å². The highest BCUT2D eigenvalue weighted by molar-refractivity contribution is 5.47. The average molecular weight is 190 g/mol. The molecular formula is C12H18N2. The van der Waals surface area contributed by atoms with Crippen LogP contribution < -0.4 is 9.80 Å². The lowest BCUT2D eigenvalue weighted by Crippen LogP contribution is -3.10. The molecule has 0 unspecified atom stereocenters. The number of hydrogen-bond acceptors (Lipinski definition) is 1. The summed E-state index contributed by atoms with van der Waals surface area (Å²) in [6.45, 7) is 6.67. The molecule has 2 rings (SSSR count). The zero-order valence-corrected chi connectivity index (χ0v) is 8.79. The van der Waals surface area contributed by atoms with Crippen LogP contribution >= 0.6 is 0 Å². The molecule has 1 aromatic rings. The first-order chi connectivity index (χ1) is 6.75. The van der Waals surface area contributed by atoms with Gasteiger partial charge in [-0.05, 0) is 19.1 Å². The molecule has 0 radical (unpaired) electrons. The van der Waals surface area contributed by atoms with Gasteiger partial charge in [-0.25, -0.2) is 0 Å². The third-order valence-corrected chi connectivity index (χ3v) is 2.87. The van der Waals surface area contributed by atoms with Gasteiger partial charge >= 0.3 is 0 Å². The van der Waals surface area contributed by atoms with E-state index in [0.29, 0.717) is 0 Å². The fraction of sp³-hybridized carbons (Fsp3) is 0.417. The lowest BCUT2D eigenvalue weighted by molar-refractivity contribution is -0.854. The molecule has 0 amide bonds. The molecule has 1 fully saturated rings. The number of benzene rings is 1. The Morgan fingerprint density at radius 3 is 2.29 bits per heavy atom. The van der Waals surface area contributed by atoms with Crippen LogP contribution in [-0.4, -0.2) is 26.2 Å². The second-order valence-electron chi connectivity index (χ2n) is 4.07. The van der Waals surface area contributed by atoms with Crippen LogP contribution in [0, 0.1) is 14.0 Å². The van der Waals surface area contributed by atoms with Gasteiger partial charge in [0.2, 0.25) is 0 Å². The monoisotopic (exact) mass is 190 g/mol. The smallest absolute Gasteiger partial charge is 0.0709 e. The Morgan fingerprint density at radius 1 is 1.14 bits per heavy atom. The number of nitrogens with zero attached hydrogens (tertiary/aromatic N) is 1. The number of quaternary nitrogens is 1. The Morgan fingerprint density at radius 2 is 1.71 bits per heavy atom. The Labute approximate surface area is 86.1 Å². The number of rotatable bonds is 1. The van der Waals surface area contributed by atoms with Gasteiger partial charge in [-0.3, -0.25) is 0 Å². The molecule has 14 heavy (non-hydrogen) atoms. The number of anilines is 1. The zero-order chi connectivity index (χ0) is 9.97. The van der Waals surface area contributed by atoms with Crippen LogP contribution in [0.2, 0.25) is 0 Å². The number of aryl methyl sites for hydroxylation is 1. The standard InChI is InChI=1S/C12H18N2/c1-11-3-5-12(6-4-11)14-9-7-13(2)8-10-14/h3-6,13H,2,7-10H2,1H3. The van der Waals surface area contributed by atoms with Gasteiger partial charge in [0.05, 0.1) is 26.2 Å². The molecule has 1 saturated heterocycles. The Balaban J connectivity index is 2.05. The summed E-state index contributed by atoms with van der Waals surface area (Å²) in [6, 6.07) is 8.78. The maximum Gasteiger partial charge on any atom is 0.0709 e. The highest BCUT2D eigenvalue weighted by Crippen LogP contribution is 2.14. The van der Waals surface area contributed by atoms with Gasteiger partial charge in [0.25, 0.3) is 0 Å². The fourth-order valence-corrected chi connectivity index (χ4v) is 1.84. The van der Waals surface area contributed by atoms with Crippen molar-refractivity contribution in [1.82, 2.24) is 0 Å². The van der Waals surface area contributed by atoms with Crippen LogP contribution in [0.4, 0.5) is 5.69 Å². The van der Waals surface area contributed by atoms with Crippen molar-refractivity contribution >= 4 is 5.69 Å². The van der Waals surface area contributed by atoms with Crippen molar-refractivity contribution < 1.29 is 4.90 Å². The van der Waals surface area contributed by atoms with E-state index in [2.05, 4.69) is 43.1 Å². The Hall–Kier alpha value is -1.02. The van der Waals surface area contributed by atoms with Crippen molar-refractivity contribution in [2.24, 2.45) is 0 Å². The minimum Gasteiger partial charge on any atom is -0.465 e. The lowest BCUT2D eigenvalue weighted by Gasteiger charge is -2.35. The highest BCUT2D eigenvalue weighted by atomic mass is 15.2. The van der Waals surface area contributed by atoms with E-state index in [1.54, 1.807) is 0 Å². The van der Waals surface area contributed by atoms with Crippen molar-refractivity contribution in [1.29, 1.82) is 0 Å². The SMILES string of the molecule is [CH2-][NH+]1CCN(c2ccc(C)cc2)CC1. The average Bonchev–Trinajstić information content (AvgIpc) is 2.21. The van der Waals surface area contributed by atoms with E-state index in [4.69, 9.17) is 0 Å². The Bertz CT molecular complexity index is 284. The molecule has 0 saturated carbocycles. The third kappa shape index (κ3) is 2.07. The summed E-state index contributed by atoms with van der Waals surface area (Å²) in [7, 11) is 4.03. The second-order valence-corrected chi connectivity index (χ2v) is 4.07. The van der Waals surface area contributed by atoms with E-state index >= 15 is 0 Å². The van der Waals surface area contributed by atoms with Crippen LogP contribution in [0.25, 0.3) is 0 Å². The molecule has 0 aliphatic carbocycles. The van der Waals surface area contributed by atoms with Crippen molar-refractivity contribution in [2.75, 3.05) is 31.1 Å².